The van der Waals surface area contributed by atoms with Crippen LogP contribution >= 0.6 is 0 Å². The first kappa shape index (κ1) is 37.5. The lowest BCUT2D eigenvalue weighted by molar-refractivity contribution is 0.660. The van der Waals surface area contributed by atoms with Crippen LogP contribution in [0.15, 0.2) is 217 Å². The summed E-state index contributed by atoms with van der Waals surface area (Å²) in [6, 6.07) is 75.0. The van der Waals surface area contributed by atoms with Crippen LogP contribution in [0.5, 0.6) is 0 Å². The van der Waals surface area contributed by atoms with Crippen molar-refractivity contribution in [3.8, 4) is 89.8 Å². The second-order valence-corrected chi connectivity index (χ2v) is 17.2. The topological polar surface area (TPSA) is 51.8 Å². The van der Waals surface area contributed by atoms with Crippen molar-refractivity contribution in [1.82, 2.24) is 15.0 Å². The van der Waals surface area contributed by atoms with Crippen LogP contribution in [-0.4, -0.2) is 15.0 Å². The molecule has 0 saturated carbocycles. The van der Waals surface area contributed by atoms with Gasteiger partial charge in [-0.05, 0) is 103 Å². The zero-order chi connectivity index (χ0) is 42.8. The molecule has 0 atom stereocenters. The molecule has 4 nitrogen and oxygen atoms in total. The number of aromatic nitrogens is 3. The van der Waals surface area contributed by atoms with Crippen LogP contribution in [0.25, 0.3) is 112 Å². The molecule has 0 unspecified atom stereocenters. The fourth-order valence-corrected chi connectivity index (χ4v) is 9.64. The van der Waals surface area contributed by atoms with Gasteiger partial charge in [-0.25, -0.2) is 15.0 Å². The van der Waals surface area contributed by atoms with Crippen molar-refractivity contribution in [2.45, 2.75) is 19.3 Å². The molecule has 12 rings (SSSR count). The van der Waals surface area contributed by atoms with E-state index in [0.29, 0.717) is 17.5 Å². The Labute approximate surface area is 372 Å². The third kappa shape index (κ3) is 6.42. The third-order valence-electron chi connectivity index (χ3n) is 13.0. The molecule has 1 aliphatic rings. The van der Waals surface area contributed by atoms with Crippen molar-refractivity contribution < 1.29 is 4.42 Å². The van der Waals surface area contributed by atoms with Gasteiger partial charge in [0.1, 0.15) is 11.2 Å². The van der Waals surface area contributed by atoms with E-state index in [2.05, 4.69) is 208 Å². The van der Waals surface area contributed by atoms with Gasteiger partial charge in [-0.3, -0.25) is 0 Å². The minimum absolute atomic E-state index is 0.0516. The fraction of sp³-hybridized carbons (Fsp3) is 0.0500. The molecule has 0 amide bonds. The number of hydrogen-bond donors (Lipinski definition) is 0. The molecule has 302 valence electrons. The first-order chi connectivity index (χ1) is 31.4. The Morgan fingerprint density at radius 1 is 0.312 bits per heavy atom. The van der Waals surface area contributed by atoms with Crippen molar-refractivity contribution in [2.75, 3.05) is 0 Å². The summed E-state index contributed by atoms with van der Waals surface area (Å²) in [4.78, 5) is 15.6. The van der Waals surface area contributed by atoms with Gasteiger partial charge >= 0.3 is 0 Å². The average molecular weight is 820 g/mol. The SMILES string of the molecule is CC1(C)c2ccccc2-c2cc(-c3cccc(-c4nc(-c5ccc(-c6cccc(-c7ccccc7)c6)cc5)nc(-c5ccc6c(c5)oc5cccc(-c7ccccc7)c56)n4)c3)ccc21. The van der Waals surface area contributed by atoms with E-state index in [-0.39, 0.29) is 5.41 Å². The third-order valence-corrected chi connectivity index (χ3v) is 13.0. The largest absolute Gasteiger partial charge is 0.456 e. The summed E-state index contributed by atoms with van der Waals surface area (Å²) in [5, 5.41) is 2.14. The fourth-order valence-electron chi connectivity index (χ4n) is 9.64. The number of benzene rings is 9. The van der Waals surface area contributed by atoms with E-state index in [1.54, 1.807) is 0 Å². The van der Waals surface area contributed by atoms with Crippen LogP contribution in [0.3, 0.4) is 0 Å². The highest BCUT2D eigenvalue weighted by Gasteiger charge is 2.35. The molecule has 1 aliphatic carbocycles. The first-order valence-corrected chi connectivity index (χ1v) is 21.8. The maximum Gasteiger partial charge on any atom is 0.164 e. The summed E-state index contributed by atoms with van der Waals surface area (Å²) in [7, 11) is 0. The number of furan rings is 1. The summed E-state index contributed by atoms with van der Waals surface area (Å²) < 4.78 is 6.56. The molecular weight excluding hydrogens is 779 g/mol. The van der Waals surface area contributed by atoms with Gasteiger partial charge in [-0.2, -0.15) is 0 Å². The van der Waals surface area contributed by atoms with E-state index in [4.69, 9.17) is 19.4 Å². The summed E-state index contributed by atoms with van der Waals surface area (Å²) >= 11 is 0. The Balaban J connectivity index is 0.967. The number of rotatable bonds is 7. The van der Waals surface area contributed by atoms with Crippen molar-refractivity contribution >= 4 is 21.9 Å². The summed E-state index contributed by atoms with van der Waals surface area (Å²) in [5.74, 6) is 1.78. The minimum Gasteiger partial charge on any atom is -0.456 e. The minimum atomic E-state index is -0.0516. The van der Waals surface area contributed by atoms with Crippen molar-refractivity contribution in [1.29, 1.82) is 0 Å². The summed E-state index contributed by atoms with van der Waals surface area (Å²) in [6.45, 7) is 4.64. The van der Waals surface area contributed by atoms with Crippen LogP contribution < -0.4 is 0 Å². The van der Waals surface area contributed by atoms with Gasteiger partial charge in [0.2, 0.25) is 0 Å². The second-order valence-electron chi connectivity index (χ2n) is 17.2. The van der Waals surface area contributed by atoms with Crippen molar-refractivity contribution in [3.05, 3.63) is 223 Å². The standard InChI is InChI=1S/C60H41N3O/c1-60(2)52-24-10-9-22-49(52)51-36-45(31-33-53(51)60)44-20-12-21-46(35-44)58-61-57(41-28-26-39(27-29-41)43-19-11-18-42(34-43)38-14-5-3-6-15-38)62-59(63-58)47-30-32-50-55(37-47)64-54-25-13-23-48(56(50)54)40-16-7-4-8-17-40/h3-37H,1-2H3. The van der Waals surface area contributed by atoms with E-state index in [0.717, 1.165) is 72.0 Å². The Bertz CT molecular complexity index is 3570. The lowest BCUT2D eigenvalue weighted by atomic mass is 9.82. The van der Waals surface area contributed by atoms with E-state index in [1.165, 1.54) is 33.4 Å². The summed E-state index contributed by atoms with van der Waals surface area (Å²) in [5.41, 5.74) is 18.7. The molecule has 2 heterocycles. The molecule has 0 N–H and O–H groups in total. The average Bonchev–Trinajstić information content (AvgIpc) is 3.85. The number of hydrogen-bond acceptors (Lipinski definition) is 4. The number of fused-ring (bicyclic) bond motifs is 6. The van der Waals surface area contributed by atoms with Crippen LogP contribution in [-0.2, 0) is 5.41 Å². The smallest absolute Gasteiger partial charge is 0.164 e. The zero-order valence-corrected chi connectivity index (χ0v) is 35.5. The lowest BCUT2D eigenvalue weighted by Crippen LogP contribution is -2.14. The van der Waals surface area contributed by atoms with Gasteiger partial charge in [0.05, 0.1) is 0 Å². The highest BCUT2D eigenvalue weighted by Crippen LogP contribution is 2.49. The molecule has 64 heavy (non-hydrogen) atoms. The molecule has 0 spiro atoms. The van der Waals surface area contributed by atoms with Crippen LogP contribution in [0, 0.1) is 0 Å². The summed E-state index contributed by atoms with van der Waals surface area (Å²) in [6.07, 6.45) is 0. The molecule has 0 fully saturated rings. The van der Waals surface area contributed by atoms with E-state index in [9.17, 15) is 0 Å². The maximum absolute atomic E-state index is 6.56. The van der Waals surface area contributed by atoms with E-state index in [1.807, 2.05) is 18.2 Å². The van der Waals surface area contributed by atoms with Gasteiger partial charge in [0.15, 0.2) is 17.5 Å². The Hall–Kier alpha value is -8.21. The Morgan fingerprint density at radius 3 is 1.52 bits per heavy atom. The molecule has 0 radical (unpaired) electrons. The Morgan fingerprint density at radius 2 is 0.781 bits per heavy atom. The number of nitrogens with zero attached hydrogens (tertiary/aromatic N) is 3. The molecular formula is C60H41N3O. The molecule has 4 heteroatoms. The van der Waals surface area contributed by atoms with Crippen LogP contribution in [0.1, 0.15) is 25.0 Å². The van der Waals surface area contributed by atoms with Crippen LogP contribution in [0.2, 0.25) is 0 Å². The van der Waals surface area contributed by atoms with Gasteiger partial charge in [0, 0.05) is 32.9 Å². The normalized spacial score (nSPS) is 12.7. The van der Waals surface area contributed by atoms with E-state index < -0.39 is 0 Å². The van der Waals surface area contributed by atoms with Crippen molar-refractivity contribution in [2.24, 2.45) is 0 Å². The zero-order valence-electron chi connectivity index (χ0n) is 35.5. The molecule has 9 aromatic carbocycles. The molecule has 2 aromatic heterocycles. The first-order valence-electron chi connectivity index (χ1n) is 21.8. The highest BCUT2D eigenvalue weighted by atomic mass is 16.3. The lowest BCUT2D eigenvalue weighted by Gasteiger charge is -2.21. The Kier molecular flexibility index (Phi) is 8.80. The molecule has 0 bridgehead atoms. The molecule has 11 aromatic rings. The van der Waals surface area contributed by atoms with Crippen molar-refractivity contribution in [3.63, 3.8) is 0 Å². The molecule has 0 aliphatic heterocycles. The highest BCUT2D eigenvalue weighted by molar-refractivity contribution is 6.13. The van der Waals surface area contributed by atoms with Crippen LogP contribution in [0.4, 0.5) is 0 Å². The van der Waals surface area contributed by atoms with Gasteiger partial charge < -0.3 is 4.42 Å². The predicted molar refractivity (Wildman–Crippen MR) is 263 cm³/mol. The molecule has 0 saturated heterocycles. The quantitative estimate of drug-likeness (QED) is 0.161. The predicted octanol–water partition coefficient (Wildman–Crippen LogP) is 15.7. The monoisotopic (exact) mass is 819 g/mol. The second kappa shape index (κ2) is 15.0. The van der Waals surface area contributed by atoms with Gasteiger partial charge in [-0.15, -0.1) is 0 Å². The van der Waals surface area contributed by atoms with E-state index >= 15 is 0 Å². The van der Waals surface area contributed by atoms with Gasteiger partial charge in [-0.1, -0.05) is 190 Å². The maximum atomic E-state index is 6.56. The van der Waals surface area contributed by atoms with Gasteiger partial charge in [0.25, 0.3) is 0 Å².